The standard InChI is InChI=1S/C12H20N2S/c1-8(2)9-7-15-10-13-11(3,4)12(5,6)14(9)10/h7-8H,1-6H3. The first-order chi connectivity index (χ1) is 6.77. The lowest BCUT2D eigenvalue weighted by Crippen LogP contribution is -2.51. The van der Waals surface area contributed by atoms with Crippen molar-refractivity contribution in [2.75, 3.05) is 0 Å². The molecule has 0 radical (unpaired) electrons. The summed E-state index contributed by atoms with van der Waals surface area (Å²) in [7, 11) is 0. The van der Waals surface area contributed by atoms with Gasteiger partial charge in [-0.3, -0.25) is 4.99 Å². The zero-order valence-electron chi connectivity index (χ0n) is 10.5. The van der Waals surface area contributed by atoms with Crippen LogP contribution < -0.4 is 0 Å². The predicted molar refractivity (Wildman–Crippen MR) is 67.9 cm³/mol. The summed E-state index contributed by atoms with van der Waals surface area (Å²) in [4.78, 5) is 7.24. The molecule has 0 unspecified atom stereocenters. The molecule has 0 fully saturated rings. The van der Waals surface area contributed by atoms with E-state index < -0.39 is 0 Å². The van der Waals surface area contributed by atoms with E-state index in [-0.39, 0.29) is 11.1 Å². The summed E-state index contributed by atoms with van der Waals surface area (Å²) in [6, 6.07) is 0. The number of aliphatic imine (C=N–C) groups is 1. The molecule has 0 saturated carbocycles. The minimum absolute atomic E-state index is 0.00370. The fourth-order valence-corrected chi connectivity index (χ4v) is 3.33. The summed E-state index contributed by atoms with van der Waals surface area (Å²) in [5, 5.41) is 3.43. The molecular formula is C12H20N2S. The molecule has 0 atom stereocenters. The monoisotopic (exact) mass is 224 g/mol. The maximum atomic E-state index is 4.82. The molecule has 2 aliphatic heterocycles. The van der Waals surface area contributed by atoms with Gasteiger partial charge in [0.2, 0.25) is 0 Å². The van der Waals surface area contributed by atoms with Gasteiger partial charge in [0.1, 0.15) is 0 Å². The van der Waals surface area contributed by atoms with E-state index in [1.54, 1.807) is 11.8 Å². The molecule has 0 aromatic rings. The number of allylic oxidation sites excluding steroid dienone is 1. The zero-order valence-corrected chi connectivity index (χ0v) is 11.3. The van der Waals surface area contributed by atoms with Gasteiger partial charge in [-0.1, -0.05) is 25.6 Å². The van der Waals surface area contributed by atoms with E-state index >= 15 is 0 Å². The molecule has 0 amide bonds. The summed E-state index contributed by atoms with van der Waals surface area (Å²) in [6.07, 6.45) is 0. The van der Waals surface area contributed by atoms with E-state index in [1.165, 1.54) is 10.9 Å². The van der Waals surface area contributed by atoms with Gasteiger partial charge in [0, 0.05) is 5.70 Å². The number of nitrogens with zero attached hydrogens (tertiary/aromatic N) is 2. The van der Waals surface area contributed by atoms with Gasteiger partial charge in [-0.05, 0) is 39.0 Å². The van der Waals surface area contributed by atoms with Crippen LogP contribution in [-0.2, 0) is 0 Å². The van der Waals surface area contributed by atoms with E-state index in [0.29, 0.717) is 5.92 Å². The highest BCUT2D eigenvalue weighted by Crippen LogP contribution is 2.47. The Labute approximate surface area is 96.8 Å². The fourth-order valence-electron chi connectivity index (χ4n) is 2.01. The van der Waals surface area contributed by atoms with Crippen molar-refractivity contribution in [1.82, 2.24) is 4.90 Å². The molecule has 2 rings (SSSR count). The highest BCUT2D eigenvalue weighted by Gasteiger charge is 2.52. The minimum Gasteiger partial charge on any atom is -0.316 e. The van der Waals surface area contributed by atoms with E-state index in [0.717, 1.165) is 0 Å². The van der Waals surface area contributed by atoms with Gasteiger partial charge >= 0.3 is 0 Å². The third kappa shape index (κ3) is 1.36. The Bertz CT molecular complexity index is 351. The molecule has 15 heavy (non-hydrogen) atoms. The largest absolute Gasteiger partial charge is 0.316 e. The maximum Gasteiger partial charge on any atom is 0.169 e. The van der Waals surface area contributed by atoms with Crippen LogP contribution in [0.25, 0.3) is 0 Å². The van der Waals surface area contributed by atoms with Crippen molar-refractivity contribution in [1.29, 1.82) is 0 Å². The van der Waals surface area contributed by atoms with Gasteiger partial charge in [0.15, 0.2) is 5.17 Å². The topological polar surface area (TPSA) is 15.6 Å². The SMILES string of the molecule is CC(C)C1=CSC2=NC(C)(C)C(C)(C)N12. The van der Waals surface area contributed by atoms with Gasteiger partial charge < -0.3 is 4.90 Å². The molecule has 0 aliphatic carbocycles. The van der Waals surface area contributed by atoms with Gasteiger partial charge in [0.25, 0.3) is 0 Å². The molecule has 0 saturated heterocycles. The second-order valence-electron chi connectivity index (χ2n) is 5.66. The van der Waals surface area contributed by atoms with Gasteiger partial charge in [-0.2, -0.15) is 0 Å². The number of amidine groups is 1. The summed E-state index contributed by atoms with van der Waals surface area (Å²) < 4.78 is 0. The van der Waals surface area contributed by atoms with Gasteiger partial charge in [-0.25, -0.2) is 0 Å². The van der Waals surface area contributed by atoms with E-state index in [1.807, 2.05) is 0 Å². The second kappa shape index (κ2) is 3.03. The molecule has 3 heteroatoms. The Morgan fingerprint density at radius 1 is 1.27 bits per heavy atom. The van der Waals surface area contributed by atoms with Gasteiger partial charge in [0.05, 0.1) is 11.1 Å². The van der Waals surface area contributed by atoms with Crippen molar-refractivity contribution in [3.8, 4) is 0 Å². The zero-order chi connectivity index (χ0) is 11.4. The average molecular weight is 224 g/mol. The summed E-state index contributed by atoms with van der Waals surface area (Å²) in [5.41, 5.74) is 1.50. The van der Waals surface area contributed by atoms with Crippen LogP contribution in [0.1, 0.15) is 41.5 Å². The third-order valence-electron chi connectivity index (χ3n) is 3.76. The molecular weight excluding hydrogens is 204 g/mol. The first-order valence-electron chi connectivity index (χ1n) is 5.54. The van der Waals surface area contributed by atoms with Crippen LogP contribution in [0.5, 0.6) is 0 Å². The normalized spacial score (nSPS) is 26.7. The molecule has 2 heterocycles. The molecule has 0 aromatic heterocycles. The summed E-state index contributed by atoms with van der Waals surface area (Å²) in [5.74, 6) is 0.568. The van der Waals surface area contributed by atoms with Crippen molar-refractivity contribution in [2.24, 2.45) is 10.9 Å². The predicted octanol–water partition coefficient (Wildman–Crippen LogP) is 3.46. The highest BCUT2D eigenvalue weighted by molar-refractivity contribution is 8.16. The van der Waals surface area contributed by atoms with Crippen LogP contribution in [0.4, 0.5) is 0 Å². The molecule has 0 N–H and O–H groups in total. The first kappa shape index (κ1) is 11.1. The molecule has 0 spiro atoms. The lowest BCUT2D eigenvalue weighted by Gasteiger charge is -2.41. The quantitative estimate of drug-likeness (QED) is 0.678. The molecule has 0 bridgehead atoms. The lowest BCUT2D eigenvalue weighted by atomic mass is 9.82. The van der Waals surface area contributed by atoms with Crippen molar-refractivity contribution >= 4 is 16.9 Å². The Morgan fingerprint density at radius 3 is 2.40 bits per heavy atom. The molecule has 2 nitrogen and oxygen atoms in total. The summed E-state index contributed by atoms with van der Waals surface area (Å²) >= 11 is 1.77. The van der Waals surface area contributed by atoms with Crippen LogP contribution in [0.2, 0.25) is 0 Å². The Balaban J connectivity index is 2.42. The van der Waals surface area contributed by atoms with Crippen LogP contribution >= 0.6 is 11.8 Å². The van der Waals surface area contributed by atoms with Gasteiger partial charge in [-0.15, -0.1) is 0 Å². The Hall–Kier alpha value is -0.440. The first-order valence-corrected chi connectivity index (χ1v) is 6.42. The van der Waals surface area contributed by atoms with Crippen LogP contribution in [0, 0.1) is 5.92 Å². The lowest BCUT2D eigenvalue weighted by molar-refractivity contribution is 0.184. The maximum absolute atomic E-state index is 4.82. The smallest absolute Gasteiger partial charge is 0.169 e. The molecule has 84 valence electrons. The molecule has 0 aromatic carbocycles. The minimum atomic E-state index is 0.00370. The average Bonchev–Trinajstić information content (AvgIpc) is 2.52. The highest BCUT2D eigenvalue weighted by atomic mass is 32.2. The van der Waals surface area contributed by atoms with Crippen LogP contribution in [-0.4, -0.2) is 21.1 Å². The van der Waals surface area contributed by atoms with E-state index in [9.17, 15) is 0 Å². The second-order valence-corrected chi connectivity index (χ2v) is 6.50. The number of fused-ring (bicyclic) bond motifs is 1. The van der Waals surface area contributed by atoms with E-state index in [4.69, 9.17) is 4.99 Å². The van der Waals surface area contributed by atoms with Crippen molar-refractivity contribution in [2.45, 2.75) is 52.6 Å². The third-order valence-corrected chi connectivity index (χ3v) is 4.60. The number of hydrogen-bond donors (Lipinski definition) is 0. The number of hydrogen-bond acceptors (Lipinski definition) is 3. The molecule has 2 aliphatic rings. The number of thioether (sulfide) groups is 1. The Morgan fingerprint density at radius 2 is 1.87 bits per heavy atom. The van der Waals surface area contributed by atoms with Crippen LogP contribution in [0.15, 0.2) is 16.1 Å². The van der Waals surface area contributed by atoms with Crippen molar-refractivity contribution in [3.05, 3.63) is 11.1 Å². The van der Waals surface area contributed by atoms with E-state index in [2.05, 4.69) is 51.9 Å². The van der Waals surface area contributed by atoms with Crippen LogP contribution in [0.3, 0.4) is 0 Å². The fraction of sp³-hybridized carbons (Fsp3) is 0.750. The number of rotatable bonds is 1. The van der Waals surface area contributed by atoms with Crippen molar-refractivity contribution < 1.29 is 0 Å². The summed E-state index contributed by atoms with van der Waals surface area (Å²) in [6.45, 7) is 13.5. The Kier molecular flexibility index (Phi) is 2.24. The van der Waals surface area contributed by atoms with Crippen molar-refractivity contribution in [3.63, 3.8) is 0 Å².